The lowest BCUT2D eigenvalue weighted by atomic mass is 9.80. The van der Waals surface area contributed by atoms with E-state index in [1.54, 1.807) is 12.1 Å². The average molecular weight is 564 g/mol. The van der Waals surface area contributed by atoms with Crippen molar-refractivity contribution in [1.29, 1.82) is 0 Å². The Morgan fingerprint density at radius 3 is 1.00 bits per heavy atom. The van der Waals surface area contributed by atoms with Gasteiger partial charge >= 0.3 is 7.12 Å². The van der Waals surface area contributed by atoms with Crippen LogP contribution >= 0.6 is 0 Å². The summed E-state index contributed by atoms with van der Waals surface area (Å²) in [6, 6.07) is 55.1. The summed E-state index contributed by atoms with van der Waals surface area (Å²) >= 11 is 0. The van der Waals surface area contributed by atoms with E-state index in [1.807, 2.05) is 80.6 Å². The number of benzene rings is 6. The number of anilines is 3. The van der Waals surface area contributed by atoms with Crippen LogP contribution in [0.4, 0.5) is 17.1 Å². The second kappa shape index (κ2) is 15.9. The number of hydrogen-bond donors (Lipinski definition) is 2. The lowest BCUT2D eigenvalue weighted by Gasteiger charge is -2.26. The van der Waals surface area contributed by atoms with E-state index in [9.17, 15) is 10.0 Å². The van der Waals surface area contributed by atoms with Crippen LogP contribution < -0.4 is 10.4 Å². The molecule has 0 spiro atoms. The fraction of sp³-hybridized carbons (Fsp3) is 0.0769. The molecule has 0 saturated heterocycles. The van der Waals surface area contributed by atoms with Gasteiger partial charge in [0.25, 0.3) is 0 Å². The Hall–Kier alpha value is -4.90. The first-order chi connectivity index (χ1) is 21.1. The maximum atomic E-state index is 9.51. The Kier molecular flexibility index (Phi) is 11.5. The molecule has 0 unspecified atom stereocenters. The minimum atomic E-state index is -1.49. The van der Waals surface area contributed by atoms with Gasteiger partial charge in [0.1, 0.15) is 0 Å². The van der Waals surface area contributed by atoms with E-state index >= 15 is 0 Å². The standard InChI is InChI=1S/C30H24BNO2.C7H8.C2H6/c33-31(34)27-15-21-30(22-16-27)32(28-17-11-25(12-18-28)23-7-3-1-4-8-23)29-19-13-26(14-20-29)24-9-5-2-6-10-24;1-7-5-3-2-4-6-7;1-2/h1-22,33-34H;2-6H,1H3;1-2H3. The van der Waals surface area contributed by atoms with Gasteiger partial charge in [-0.3, -0.25) is 0 Å². The van der Waals surface area contributed by atoms with Crippen molar-refractivity contribution in [3.8, 4) is 22.3 Å². The van der Waals surface area contributed by atoms with Gasteiger partial charge in [0.2, 0.25) is 0 Å². The van der Waals surface area contributed by atoms with Gasteiger partial charge in [-0.2, -0.15) is 0 Å². The van der Waals surface area contributed by atoms with E-state index in [-0.39, 0.29) is 0 Å². The Morgan fingerprint density at radius 2 is 0.698 bits per heavy atom. The number of aryl methyl sites for hydroxylation is 1. The zero-order valence-corrected chi connectivity index (χ0v) is 25.0. The molecule has 43 heavy (non-hydrogen) atoms. The molecule has 0 amide bonds. The summed E-state index contributed by atoms with van der Waals surface area (Å²) in [5, 5.41) is 19.0. The summed E-state index contributed by atoms with van der Waals surface area (Å²) in [5.41, 5.74) is 9.41. The van der Waals surface area contributed by atoms with Crippen LogP contribution in [0.5, 0.6) is 0 Å². The molecule has 0 aliphatic heterocycles. The summed E-state index contributed by atoms with van der Waals surface area (Å²) in [7, 11) is -1.49. The molecule has 6 aromatic carbocycles. The van der Waals surface area contributed by atoms with Gasteiger partial charge in [0.05, 0.1) is 0 Å². The molecule has 0 saturated carbocycles. The zero-order valence-electron chi connectivity index (χ0n) is 25.0. The molecule has 0 aliphatic rings. The van der Waals surface area contributed by atoms with Crippen molar-refractivity contribution < 1.29 is 10.0 Å². The van der Waals surface area contributed by atoms with Gasteiger partial charge in [-0.15, -0.1) is 0 Å². The molecule has 0 heterocycles. The van der Waals surface area contributed by atoms with Crippen LogP contribution in [-0.2, 0) is 0 Å². The smallest absolute Gasteiger partial charge is 0.423 e. The monoisotopic (exact) mass is 563 g/mol. The first kappa shape index (κ1) is 31.0. The molecular formula is C39H38BNO2. The molecule has 0 fully saturated rings. The van der Waals surface area contributed by atoms with Crippen molar-refractivity contribution >= 4 is 29.6 Å². The van der Waals surface area contributed by atoms with Gasteiger partial charge in [0.15, 0.2) is 0 Å². The molecule has 0 bridgehead atoms. The average Bonchev–Trinajstić information content (AvgIpc) is 3.08. The SMILES string of the molecule is CC.Cc1ccccc1.OB(O)c1ccc(N(c2ccc(-c3ccccc3)cc2)c2ccc(-c3ccccc3)cc2)cc1. The molecule has 6 rings (SSSR count). The maximum Gasteiger partial charge on any atom is 0.488 e. The molecular weight excluding hydrogens is 525 g/mol. The van der Waals surface area contributed by atoms with E-state index in [4.69, 9.17) is 0 Å². The Morgan fingerprint density at radius 1 is 0.395 bits per heavy atom. The molecule has 6 aromatic rings. The predicted molar refractivity (Wildman–Crippen MR) is 184 cm³/mol. The minimum Gasteiger partial charge on any atom is -0.423 e. The Labute approximate surface area is 256 Å². The van der Waals surface area contributed by atoms with Gasteiger partial charge < -0.3 is 14.9 Å². The normalized spacial score (nSPS) is 9.98. The number of rotatable bonds is 6. The first-order valence-corrected chi connectivity index (χ1v) is 14.7. The third-order valence-electron chi connectivity index (χ3n) is 6.86. The summed E-state index contributed by atoms with van der Waals surface area (Å²) < 4.78 is 0. The van der Waals surface area contributed by atoms with E-state index in [0.29, 0.717) is 5.46 Å². The van der Waals surface area contributed by atoms with E-state index in [1.165, 1.54) is 16.7 Å². The molecule has 4 heteroatoms. The van der Waals surface area contributed by atoms with Gasteiger partial charge in [-0.1, -0.05) is 147 Å². The fourth-order valence-electron chi connectivity index (χ4n) is 4.64. The van der Waals surface area contributed by atoms with Crippen molar-refractivity contribution in [2.75, 3.05) is 4.90 Å². The van der Waals surface area contributed by atoms with Crippen LogP contribution in [0, 0.1) is 6.92 Å². The number of nitrogens with zero attached hydrogens (tertiary/aromatic N) is 1. The molecule has 2 N–H and O–H groups in total. The second-order valence-electron chi connectivity index (χ2n) is 9.78. The topological polar surface area (TPSA) is 43.7 Å². The van der Waals surface area contributed by atoms with Crippen LogP contribution in [0.25, 0.3) is 22.3 Å². The van der Waals surface area contributed by atoms with Crippen molar-refractivity contribution in [2.45, 2.75) is 20.8 Å². The highest BCUT2D eigenvalue weighted by Gasteiger charge is 2.15. The van der Waals surface area contributed by atoms with Crippen molar-refractivity contribution in [3.05, 3.63) is 169 Å². The van der Waals surface area contributed by atoms with E-state index in [2.05, 4.69) is 96.8 Å². The Balaban J connectivity index is 0.000000409. The molecule has 214 valence electrons. The molecule has 0 aromatic heterocycles. The van der Waals surface area contributed by atoms with Crippen LogP contribution in [0.1, 0.15) is 19.4 Å². The lowest BCUT2D eigenvalue weighted by molar-refractivity contribution is 0.426. The quantitative estimate of drug-likeness (QED) is 0.199. The van der Waals surface area contributed by atoms with Crippen LogP contribution in [0.3, 0.4) is 0 Å². The Bertz CT molecular complexity index is 1540. The summed E-state index contributed by atoms with van der Waals surface area (Å²) in [6.45, 7) is 6.08. The van der Waals surface area contributed by atoms with Crippen molar-refractivity contribution in [3.63, 3.8) is 0 Å². The molecule has 3 nitrogen and oxygen atoms in total. The zero-order chi connectivity index (χ0) is 30.4. The molecule has 0 radical (unpaired) electrons. The minimum absolute atomic E-state index is 0.461. The highest BCUT2D eigenvalue weighted by molar-refractivity contribution is 6.58. The third kappa shape index (κ3) is 8.56. The van der Waals surface area contributed by atoms with Gasteiger partial charge in [-0.25, -0.2) is 0 Å². The van der Waals surface area contributed by atoms with Crippen LogP contribution in [0.2, 0.25) is 0 Å². The lowest BCUT2D eigenvalue weighted by Crippen LogP contribution is -2.29. The highest BCUT2D eigenvalue weighted by atomic mass is 16.4. The van der Waals surface area contributed by atoms with E-state index in [0.717, 1.165) is 28.2 Å². The third-order valence-corrected chi connectivity index (χ3v) is 6.86. The van der Waals surface area contributed by atoms with Crippen molar-refractivity contribution in [1.82, 2.24) is 0 Å². The van der Waals surface area contributed by atoms with Crippen LogP contribution in [-0.4, -0.2) is 17.2 Å². The van der Waals surface area contributed by atoms with E-state index < -0.39 is 7.12 Å². The maximum absolute atomic E-state index is 9.51. The summed E-state index contributed by atoms with van der Waals surface area (Å²) in [5.74, 6) is 0. The molecule has 0 atom stereocenters. The van der Waals surface area contributed by atoms with Crippen LogP contribution in [0.15, 0.2) is 164 Å². The van der Waals surface area contributed by atoms with Gasteiger partial charge in [0, 0.05) is 17.1 Å². The summed E-state index contributed by atoms with van der Waals surface area (Å²) in [4.78, 5) is 2.16. The predicted octanol–water partition coefficient (Wildman–Crippen LogP) is 9.19. The first-order valence-electron chi connectivity index (χ1n) is 14.7. The molecule has 0 aliphatic carbocycles. The van der Waals surface area contributed by atoms with Gasteiger partial charge in [-0.05, 0) is 71.0 Å². The van der Waals surface area contributed by atoms with Crippen molar-refractivity contribution in [2.24, 2.45) is 0 Å². The summed E-state index contributed by atoms with van der Waals surface area (Å²) in [6.07, 6.45) is 0. The highest BCUT2D eigenvalue weighted by Crippen LogP contribution is 2.36. The largest absolute Gasteiger partial charge is 0.488 e. The number of hydrogen-bond acceptors (Lipinski definition) is 3. The second-order valence-corrected chi connectivity index (χ2v) is 9.78. The fourth-order valence-corrected chi connectivity index (χ4v) is 4.64.